The van der Waals surface area contributed by atoms with Crippen molar-refractivity contribution < 1.29 is 23.6 Å². The SMILES string of the molecule is COCCc1noc([C@H]2CCCN(C(=O)CN3CCOC3=O)C2)n1. The Morgan fingerprint density at radius 3 is 3.04 bits per heavy atom. The molecular weight excluding hydrogens is 316 g/mol. The second-order valence-electron chi connectivity index (χ2n) is 6.01. The van der Waals surface area contributed by atoms with Crippen molar-refractivity contribution in [3.63, 3.8) is 0 Å². The van der Waals surface area contributed by atoms with Crippen LogP contribution in [0.2, 0.25) is 0 Å². The van der Waals surface area contributed by atoms with Crippen LogP contribution in [0.4, 0.5) is 4.79 Å². The summed E-state index contributed by atoms with van der Waals surface area (Å²) in [5, 5.41) is 3.95. The van der Waals surface area contributed by atoms with Crippen molar-refractivity contribution in [1.29, 1.82) is 0 Å². The third kappa shape index (κ3) is 3.84. The fourth-order valence-corrected chi connectivity index (χ4v) is 2.97. The van der Waals surface area contributed by atoms with Crippen LogP contribution in [-0.2, 0) is 20.7 Å². The number of hydrogen-bond acceptors (Lipinski definition) is 7. The molecule has 0 aromatic carbocycles. The zero-order valence-electron chi connectivity index (χ0n) is 13.8. The van der Waals surface area contributed by atoms with Crippen LogP contribution in [0.15, 0.2) is 4.52 Å². The molecule has 24 heavy (non-hydrogen) atoms. The molecule has 2 aliphatic heterocycles. The van der Waals surface area contributed by atoms with Gasteiger partial charge in [-0.2, -0.15) is 4.98 Å². The Balaban J connectivity index is 1.56. The summed E-state index contributed by atoms with van der Waals surface area (Å²) < 4.78 is 15.2. The van der Waals surface area contributed by atoms with Crippen LogP contribution in [0, 0.1) is 0 Å². The normalized spacial score (nSPS) is 21.2. The molecule has 0 saturated carbocycles. The van der Waals surface area contributed by atoms with Gasteiger partial charge in [-0.15, -0.1) is 0 Å². The van der Waals surface area contributed by atoms with Crippen molar-refractivity contribution in [2.75, 3.05) is 46.5 Å². The number of hydrogen-bond donors (Lipinski definition) is 0. The molecule has 9 heteroatoms. The number of piperidine rings is 1. The topological polar surface area (TPSA) is 98.0 Å². The largest absolute Gasteiger partial charge is 0.448 e. The highest BCUT2D eigenvalue weighted by atomic mass is 16.6. The molecule has 0 radical (unpaired) electrons. The number of amides is 2. The van der Waals surface area contributed by atoms with E-state index in [1.165, 1.54) is 4.90 Å². The van der Waals surface area contributed by atoms with Crippen molar-refractivity contribution in [1.82, 2.24) is 19.9 Å². The van der Waals surface area contributed by atoms with Gasteiger partial charge in [0.1, 0.15) is 13.2 Å². The number of methoxy groups -OCH3 is 1. The van der Waals surface area contributed by atoms with E-state index in [9.17, 15) is 9.59 Å². The van der Waals surface area contributed by atoms with Gasteiger partial charge in [0.2, 0.25) is 11.8 Å². The van der Waals surface area contributed by atoms with E-state index in [4.69, 9.17) is 14.0 Å². The summed E-state index contributed by atoms with van der Waals surface area (Å²) in [7, 11) is 1.63. The van der Waals surface area contributed by atoms with Gasteiger partial charge in [0.05, 0.1) is 19.1 Å². The first-order valence-corrected chi connectivity index (χ1v) is 8.18. The molecule has 0 bridgehead atoms. The fraction of sp³-hybridized carbons (Fsp3) is 0.733. The van der Waals surface area contributed by atoms with Crippen LogP contribution < -0.4 is 0 Å². The third-order valence-corrected chi connectivity index (χ3v) is 4.31. The zero-order chi connectivity index (χ0) is 16.9. The summed E-state index contributed by atoms with van der Waals surface area (Å²) in [4.78, 5) is 31.5. The maximum atomic E-state index is 12.4. The maximum absolute atomic E-state index is 12.4. The molecule has 1 aromatic heterocycles. The van der Waals surface area contributed by atoms with Crippen molar-refractivity contribution in [3.8, 4) is 0 Å². The molecule has 3 heterocycles. The van der Waals surface area contributed by atoms with Gasteiger partial charge >= 0.3 is 6.09 Å². The highest BCUT2D eigenvalue weighted by molar-refractivity contribution is 5.83. The molecule has 2 aliphatic rings. The monoisotopic (exact) mass is 338 g/mol. The third-order valence-electron chi connectivity index (χ3n) is 4.31. The van der Waals surface area contributed by atoms with E-state index in [0.717, 1.165) is 12.8 Å². The lowest BCUT2D eigenvalue weighted by atomic mass is 9.98. The molecule has 3 rings (SSSR count). The van der Waals surface area contributed by atoms with E-state index in [1.54, 1.807) is 12.0 Å². The Labute approximate surface area is 139 Å². The minimum Gasteiger partial charge on any atom is -0.448 e. The lowest BCUT2D eigenvalue weighted by molar-refractivity contribution is -0.133. The van der Waals surface area contributed by atoms with Crippen LogP contribution in [0.3, 0.4) is 0 Å². The van der Waals surface area contributed by atoms with Gasteiger partial charge in [-0.3, -0.25) is 9.69 Å². The number of carbonyl (C=O) groups excluding carboxylic acids is 2. The number of aromatic nitrogens is 2. The second kappa shape index (κ2) is 7.61. The van der Waals surface area contributed by atoms with Crippen LogP contribution in [0.1, 0.15) is 30.5 Å². The quantitative estimate of drug-likeness (QED) is 0.741. The Bertz CT molecular complexity index is 590. The van der Waals surface area contributed by atoms with Crippen molar-refractivity contribution in [3.05, 3.63) is 11.7 Å². The van der Waals surface area contributed by atoms with E-state index in [2.05, 4.69) is 10.1 Å². The number of ether oxygens (including phenoxy) is 2. The predicted octanol–water partition coefficient (Wildman–Crippen LogP) is 0.417. The van der Waals surface area contributed by atoms with Crippen LogP contribution in [0.5, 0.6) is 0 Å². The van der Waals surface area contributed by atoms with Gasteiger partial charge in [-0.25, -0.2) is 4.79 Å². The minimum absolute atomic E-state index is 0.0389. The van der Waals surface area contributed by atoms with Gasteiger partial charge in [-0.05, 0) is 12.8 Å². The van der Waals surface area contributed by atoms with Gasteiger partial charge in [0.15, 0.2) is 5.82 Å². The van der Waals surface area contributed by atoms with Gasteiger partial charge in [0.25, 0.3) is 0 Å². The number of carbonyl (C=O) groups is 2. The lowest BCUT2D eigenvalue weighted by Crippen LogP contribution is -2.45. The van der Waals surface area contributed by atoms with Crippen LogP contribution in [-0.4, -0.2) is 78.4 Å². The molecule has 0 spiro atoms. The summed E-state index contributed by atoms with van der Waals surface area (Å²) in [5.74, 6) is 1.16. The minimum atomic E-state index is -0.420. The van der Waals surface area contributed by atoms with E-state index < -0.39 is 6.09 Å². The van der Waals surface area contributed by atoms with Crippen molar-refractivity contribution >= 4 is 12.0 Å². The van der Waals surface area contributed by atoms with Gasteiger partial charge in [-0.1, -0.05) is 5.16 Å². The summed E-state index contributed by atoms with van der Waals surface area (Å²) in [6, 6.07) is 0. The fourth-order valence-electron chi connectivity index (χ4n) is 2.97. The number of cyclic esters (lactones) is 1. The molecule has 1 aromatic rings. The molecule has 2 fully saturated rings. The maximum Gasteiger partial charge on any atom is 0.410 e. The molecular formula is C15H22N4O5. The Morgan fingerprint density at radius 1 is 1.42 bits per heavy atom. The first kappa shape index (κ1) is 16.7. The number of likely N-dealkylation sites (tertiary alicyclic amines) is 1. The molecule has 1 atom stereocenters. The summed E-state index contributed by atoms with van der Waals surface area (Å²) in [6.45, 7) is 2.64. The van der Waals surface area contributed by atoms with E-state index in [-0.39, 0.29) is 18.4 Å². The molecule has 0 aliphatic carbocycles. The molecule has 0 unspecified atom stereocenters. The predicted molar refractivity (Wildman–Crippen MR) is 81.4 cm³/mol. The second-order valence-corrected chi connectivity index (χ2v) is 6.01. The molecule has 132 valence electrons. The van der Waals surface area contributed by atoms with E-state index in [0.29, 0.717) is 51.0 Å². The van der Waals surface area contributed by atoms with E-state index >= 15 is 0 Å². The van der Waals surface area contributed by atoms with Gasteiger partial charge < -0.3 is 18.9 Å². The number of rotatable bonds is 6. The molecule has 9 nitrogen and oxygen atoms in total. The Hall–Kier alpha value is -2.16. The van der Waals surface area contributed by atoms with Crippen molar-refractivity contribution in [2.45, 2.75) is 25.2 Å². The lowest BCUT2D eigenvalue weighted by Gasteiger charge is -2.31. The molecule has 2 saturated heterocycles. The summed E-state index contributed by atoms with van der Waals surface area (Å²) >= 11 is 0. The Morgan fingerprint density at radius 2 is 2.29 bits per heavy atom. The molecule has 2 amide bonds. The number of nitrogens with zero attached hydrogens (tertiary/aromatic N) is 4. The van der Waals surface area contributed by atoms with Crippen LogP contribution in [0.25, 0.3) is 0 Å². The highest BCUT2D eigenvalue weighted by Crippen LogP contribution is 2.26. The standard InChI is InChI=1S/C15H22N4O5/c1-22-7-4-12-16-14(24-17-12)11-3-2-5-18(9-11)13(20)10-19-6-8-23-15(19)21/h11H,2-10H2,1H3/t11-/m0/s1. The van der Waals surface area contributed by atoms with Crippen LogP contribution >= 0.6 is 0 Å². The van der Waals surface area contributed by atoms with Gasteiger partial charge in [0, 0.05) is 26.6 Å². The zero-order valence-corrected chi connectivity index (χ0v) is 13.8. The van der Waals surface area contributed by atoms with Crippen molar-refractivity contribution in [2.24, 2.45) is 0 Å². The smallest absolute Gasteiger partial charge is 0.410 e. The average molecular weight is 338 g/mol. The summed E-state index contributed by atoms with van der Waals surface area (Å²) in [6.07, 6.45) is 1.96. The first-order chi connectivity index (χ1) is 11.7. The Kier molecular flexibility index (Phi) is 5.29. The first-order valence-electron chi connectivity index (χ1n) is 8.18. The summed E-state index contributed by atoms with van der Waals surface area (Å²) in [5.41, 5.74) is 0. The average Bonchev–Trinajstić information content (AvgIpc) is 3.23. The van der Waals surface area contributed by atoms with E-state index in [1.807, 2.05) is 0 Å². The highest BCUT2D eigenvalue weighted by Gasteiger charge is 2.31. The molecule has 0 N–H and O–H groups in total.